The monoisotopic (exact) mass is 313 g/mol. The van der Waals surface area contributed by atoms with E-state index in [9.17, 15) is 0 Å². The lowest BCUT2D eigenvalue weighted by molar-refractivity contribution is -0.666. The van der Waals surface area contributed by atoms with Crippen molar-refractivity contribution < 1.29 is 15.5 Å². The molecule has 0 saturated carbocycles. The molecular formula is C19H21N4+. The van der Waals surface area contributed by atoms with Crippen molar-refractivity contribution in [2.75, 3.05) is 0 Å². The number of imidazole rings is 2. The van der Waals surface area contributed by atoms with E-state index >= 15 is 0 Å². The Labute approximate surface area is 146 Å². The Hall–Kier alpha value is -2.62. The summed E-state index contributed by atoms with van der Waals surface area (Å²) in [5.74, 6) is 0.873. The highest BCUT2D eigenvalue weighted by molar-refractivity contribution is 5.80. The Morgan fingerprint density at radius 3 is 2.91 bits per heavy atom. The maximum absolute atomic E-state index is 8.46. The van der Waals surface area contributed by atoms with Gasteiger partial charge in [-0.15, -0.1) is 0 Å². The molecule has 23 heavy (non-hydrogen) atoms. The van der Waals surface area contributed by atoms with Crippen LogP contribution in [-0.4, -0.2) is 14.0 Å². The van der Waals surface area contributed by atoms with Crippen molar-refractivity contribution in [3.8, 4) is 5.82 Å². The number of benzene rings is 1. The third-order valence-electron chi connectivity index (χ3n) is 4.10. The van der Waals surface area contributed by atoms with Crippen molar-refractivity contribution in [1.82, 2.24) is 14.0 Å². The number of rotatable bonds is 2. The summed E-state index contributed by atoms with van der Waals surface area (Å²) in [6.45, 7) is -3.54. The van der Waals surface area contributed by atoms with E-state index in [0.717, 1.165) is 0 Å². The minimum atomic E-state index is -2.91. The summed E-state index contributed by atoms with van der Waals surface area (Å²) in [5.41, 5.74) is 1.69. The number of aryl methyl sites for hydroxylation is 3. The van der Waals surface area contributed by atoms with Gasteiger partial charge >= 0.3 is 5.78 Å². The van der Waals surface area contributed by atoms with Gasteiger partial charge in [0.1, 0.15) is 5.69 Å². The third-order valence-corrected chi connectivity index (χ3v) is 4.10. The van der Waals surface area contributed by atoms with Gasteiger partial charge in [0, 0.05) is 24.0 Å². The molecule has 4 nitrogen and oxygen atoms in total. The summed E-state index contributed by atoms with van der Waals surface area (Å²) in [7, 11) is 1.68. The first-order chi connectivity index (χ1) is 14.2. The predicted molar refractivity (Wildman–Crippen MR) is 92.1 cm³/mol. The molecule has 4 heteroatoms. The lowest BCUT2D eigenvalue weighted by atomic mass is 10.2. The van der Waals surface area contributed by atoms with Crippen LogP contribution >= 0.6 is 0 Å². The van der Waals surface area contributed by atoms with Gasteiger partial charge in [-0.2, -0.15) is 9.55 Å². The van der Waals surface area contributed by atoms with Crippen LogP contribution in [0.2, 0.25) is 0 Å². The zero-order valence-electron chi connectivity index (χ0n) is 20.8. The molecule has 116 valence electrons. The van der Waals surface area contributed by atoms with Crippen molar-refractivity contribution in [3.63, 3.8) is 0 Å². The molecule has 0 radical (unpaired) electrons. The Bertz CT molecular complexity index is 1310. The Kier molecular flexibility index (Phi) is 1.67. The maximum atomic E-state index is 8.46. The van der Waals surface area contributed by atoms with Gasteiger partial charge in [0.15, 0.2) is 0 Å². The first-order valence-electron chi connectivity index (χ1n) is 11.2. The molecule has 0 aliphatic heterocycles. The number of hydrogen-bond acceptors (Lipinski definition) is 1. The summed E-state index contributed by atoms with van der Waals surface area (Å²) in [6.07, 6.45) is -1.17. The van der Waals surface area contributed by atoms with Crippen LogP contribution < -0.4 is 4.57 Å². The number of nitrogens with zero attached hydrogens (tertiary/aromatic N) is 4. The van der Waals surface area contributed by atoms with E-state index in [4.69, 9.17) is 11.0 Å². The average Bonchev–Trinajstić information content (AvgIpc) is 3.13. The van der Waals surface area contributed by atoms with E-state index < -0.39 is 20.1 Å². The van der Waals surface area contributed by atoms with Crippen LogP contribution in [0.5, 0.6) is 0 Å². The maximum Gasteiger partial charge on any atom is 0.312 e. The number of fused-ring (bicyclic) bond motifs is 3. The molecule has 4 aromatic rings. The average molecular weight is 313 g/mol. The lowest BCUT2D eigenvalue weighted by Gasteiger charge is -2.03. The van der Waals surface area contributed by atoms with Gasteiger partial charge in [0.2, 0.25) is 0 Å². The molecule has 0 unspecified atom stereocenters. The minimum Gasteiger partial charge on any atom is -0.258 e. The summed E-state index contributed by atoms with van der Waals surface area (Å²) >= 11 is 0. The van der Waals surface area contributed by atoms with Gasteiger partial charge in [0.05, 0.1) is 30.0 Å². The summed E-state index contributed by atoms with van der Waals surface area (Å²) in [4.78, 5) is 4.63. The molecule has 0 N–H and O–H groups in total. The lowest BCUT2D eigenvalue weighted by Crippen LogP contribution is -2.34. The van der Waals surface area contributed by atoms with E-state index in [1.54, 1.807) is 53.4 Å². The van der Waals surface area contributed by atoms with Crippen LogP contribution in [0.4, 0.5) is 0 Å². The molecule has 0 spiro atoms. The summed E-state index contributed by atoms with van der Waals surface area (Å²) in [5, 5.41) is 0. The molecule has 0 bridgehead atoms. The van der Waals surface area contributed by atoms with Gasteiger partial charge in [-0.25, -0.2) is 4.57 Å². The van der Waals surface area contributed by atoms with Crippen LogP contribution in [-0.2, 0) is 13.4 Å². The van der Waals surface area contributed by atoms with Crippen molar-refractivity contribution in [2.45, 2.75) is 27.0 Å². The minimum absolute atomic E-state index is 0.0175. The molecule has 4 rings (SSSR count). The van der Waals surface area contributed by atoms with Crippen LogP contribution in [0.3, 0.4) is 0 Å². The molecule has 3 aromatic heterocycles. The van der Waals surface area contributed by atoms with Crippen molar-refractivity contribution >= 4 is 16.8 Å². The van der Waals surface area contributed by atoms with E-state index in [1.165, 1.54) is 16.7 Å². The van der Waals surface area contributed by atoms with Gasteiger partial charge < -0.3 is 0 Å². The second-order valence-corrected chi connectivity index (χ2v) is 5.52. The number of pyridine rings is 1. The Morgan fingerprint density at radius 2 is 2.13 bits per heavy atom. The molecule has 0 atom stereocenters. The molecule has 0 fully saturated rings. The number of para-hydroxylation sites is 2. The number of hydrogen-bond donors (Lipinski definition) is 0. The van der Waals surface area contributed by atoms with Crippen LogP contribution in [0.25, 0.3) is 22.6 Å². The molecule has 3 heterocycles. The van der Waals surface area contributed by atoms with Crippen LogP contribution in [0.1, 0.15) is 34.8 Å². The van der Waals surface area contributed by atoms with Gasteiger partial charge in [-0.05, 0) is 37.0 Å². The fraction of sp³-hybridized carbons (Fsp3) is 0.263. The molecular weight excluding hydrogens is 284 g/mol. The highest BCUT2D eigenvalue weighted by Gasteiger charge is 2.25. The van der Waals surface area contributed by atoms with Crippen LogP contribution in [0.15, 0.2) is 42.6 Å². The first-order valence-corrected chi connectivity index (χ1v) is 7.24. The molecule has 1 aromatic carbocycles. The number of aromatic nitrogens is 4. The first kappa shape index (κ1) is 7.77. The Morgan fingerprint density at radius 1 is 1.26 bits per heavy atom. The highest BCUT2D eigenvalue weighted by Crippen LogP contribution is 2.25. The zero-order valence-corrected chi connectivity index (χ0v) is 12.8. The van der Waals surface area contributed by atoms with Gasteiger partial charge in [-0.3, -0.25) is 4.40 Å². The van der Waals surface area contributed by atoms with Crippen LogP contribution in [0, 0.1) is 13.8 Å². The quantitative estimate of drug-likeness (QED) is 0.522. The molecule has 0 saturated heterocycles. The summed E-state index contributed by atoms with van der Waals surface area (Å²) in [6, 6.07) is 10.2. The largest absolute Gasteiger partial charge is 0.312 e. The normalized spacial score (nSPS) is 18.5. The van der Waals surface area contributed by atoms with Gasteiger partial charge in [-0.1, -0.05) is 19.0 Å². The van der Waals surface area contributed by atoms with E-state index in [0.29, 0.717) is 28.3 Å². The highest BCUT2D eigenvalue weighted by atomic mass is 15.3. The second kappa shape index (κ2) is 4.95. The molecule has 0 aliphatic carbocycles. The zero-order chi connectivity index (χ0) is 22.9. The molecule has 0 aliphatic rings. The standard InChI is InChI=1S/C19H21N4/c1-5-16-14(3)22(18-11-10-13(2)12-21(18)4)19-20-15-8-6-7-9-17(15)23(16)19/h6-12H,5H2,1-4H3/q+1/i1D3,2D3,5D2. The Balaban J connectivity index is 2.12. The predicted octanol–water partition coefficient (Wildman–Crippen LogP) is 3.28. The van der Waals surface area contributed by atoms with Crippen molar-refractivity contribution in [3.05, 3.63) is 59.5 Å². The second-order valence-electron chi connectivity index (χ2n) is 5.52. The smallest absolute Gasteiger partial charge is 0.258 e. The third kappa shape index (κ3) is 1.91. The topological polar surface area (TPSA) is 26.1 Å². The van der Waals surface area contributed by atoms with Gasteiger partial charge in [0.25, 0.3) is 5.82 Å². The van der Waals surface area contributed by atoms with E-state index in [1.807, 2.05) is 0 Å². The van der Waals surface area contributed by atoms with Crippen molar-refractivity contribution in [2.24, 2.45) is 7.05 Å². The van der Waals surface area contributed by atoms with Crippen molar-refractivity contribution in [1.29, 1.82) is 0 Å². The molecule has 0 amide bonds. The van der Waals surface area contributed by atoms with E-state index in [-0.39, 0.29) is 11.3 Å². The summed E-state index contributed by atoms with van der Waals surface area (Å²) < 4.78 is 68.0. The SMILES string of the molecule is [2H]C([2H])([2H])c1ccc(-n2c(C)c(C([2H])([2H])C([2H])([2H])[2H])n3c4ccccc4nc23)[n+](C)c1. The van der Waals surface area contributed by atoms with E-state index in [2.05, 4.69) is 4.98 Å². The fourth-order valence-corrected chi connectivity index (χ4v) is 3.05. The fourth-order valence-electron chi connectivity index (χ4n) is 3.05.